The predicted molar refractivity (Wildman–Crippen MR) is 80.9 cm³/mol. The van der Waals surface area contributed by atoms with Crippen LogP contribution in [0.5, 0.6) is 5.88 Å². The second kappa shape index (κ2) is 4.85. The van der Waals surface area contributed by atoms with E-state index < -0.39 is 18.3 Å². The maximum atomic E-state index is 6.02. The Morgan fingerprint density at radius 2 is 1.86 bits per heavy atom. The van der Waals surface area contributed by atoms with Crippen LogP contribution in [-0.2, 0) is 9.31 Å². The van der Waals surface area contributed by atoms with Crippen LogP contribution < -0.4 is 15.5 Å². The molecule has 1 N–H and O–H groups in total. The van der Waals surface area contributed by atoms with Crippen LogP contribution in [-0.4, -0.2) is 41.4 Å². The van der Waals surface area contributed by atoms with Crippen LogP contribution >= 0.6 is 0 Å². The summed E-state index contributed by atoms with van der Waals surface area (Å²) in [6, 6.07) is 0.498. The molecule has 2 heterocycles. The molecule has 1 aliphatic heterocycles. The monoisotopic (exact) mass is 291 g/mol. The smallest absolute Gasteiger partial charge is 0.481 e. The van der Waals surface area contributed by atoms with Crippen LogP contribution in [0.4, 0.5) is 5.95 Å². The summed E-state index contributed by atoms with van der Waals surface area (Å²) >= 11 is 0. The first-order chi connectivity index (χ1) is 9.82. The number of hydrogen-bond donors (Lipinski definition) is 1. The maximum Gasteiger partial charge on any atom is 0.502 e. The molecule has 0 aromatic carbocycles. The molecule has 1 aromatic heterocycles. The summed E-state index contributed by atoms with van der Waals surface area (Å²) < 4.78 is 17.4. The highest BCUT2D eigenvalue weighted by Crippen LogP contribution is 2.37. The van der Waals surface area contributed by atoms with E-state index in [-0.39, 0.29) is 0 Å². The van der Waals surface area contributed by atoms with Crippen molar-refractivity contribution in [3.05, 3.63) is 6.20 Å². The van der Waals surface area contributed by atoms with Crippen molar-refractivity contribution in [3.8, 4) is 5.88 Å². The highest BCUT2D eigenvalue weighted by Gasteiger charge is 2.52. The number of aromatic nitrogens is 2. The van der Waals surface area contributed by atoms with Gasteiger partial charge in [0.15, 0.2) is 0 Å². The van der Waals surface area contributed by atoms with Crippen LogP contribution in [0.1, 0.15) is 40.5 Å². The normalized spacial score (nSPS) is 23.2. The van der Waals surface area contributed by atoms with Gasteiger partial charge in [0.1, 0.15) is 0 Å². The summed E-state index contributed by atoms with van der Waals surface area (Å²) in [5.41, 5.74) is -0.0705. The topological polar surface area (TPSA) is 65.5 Å². The van der Waals surface area contributed by atoms with E-state index >= 15 is 0 Å². The van der Waals surface area contributed by atoms with Crippen LogP contribution in [0.15, 0.2) is 6.20 Å². The molecule has 2 aliphatic rings. The minimum Gasteiger partial charge on any atom is -0.481 e. The van der Waals surface area contributed by atoms with Gasteiger partial charge in [-0.3, -0.25) is 0 Å². The molecule has 0 bridgehead atoms. The molecule has 0 spiro atoms. The van der Waals surface area contributed by atoms with Gasteiger partial charge in [0.2, 0.25) is 11.8 Å². The van der Waals surface area contributed by atoms with Crippen molar-refractivity contribution in [2.45, 2.75) is 57.8 Å². The van der Waals surface area contributed by atoms with Gasteiger partial charge in [-0.2, -0.15) is 4.98 Å². The lowest BCUT2D eigenvalue weighted by molar-refractivity contribution is 0.00578. The molecule has 2 fully saturated rings. The predicted octanol–water partition coefficient (Wildman–Crippen LogP) is 1.36. The summed E-state index contributed by atoms with van der Waals surface area (Å²) in [5, 5.41) is 3.26. The number of nitrogens with one attached hydrogen (secondary N) is 1. The highest BCUT2D eigenvalue weighted by atomic mass is 16.7. The van der Waals surface area contributed by atoms with Gasteiger partial charge in [-0.25, -0.2) is 4.98 Å². The van der Waals surface area contributed by atoms with Gasteiger partial charge in [-0.15, -0.1) is 0 Å². The molecule has 1 aliphatic carbocycles. The van der Waals surface area contributed by atoms with Crippen molar-refractivity contribution >= 4 is 18.5 Å². The summed E-state index contributed by atoms with van der Waals surface area (Å²) in [7, 11) is 1.08. The minimum atomic E-state index is -0.514. The molecule has 1 saturated carbocycles. The fourth-order valence-electron chi connectivity index (χ4n) is 2.15. The molecule has 0 amide bonds. The molecule has 114 valence electrons. The molecule has 6 nitrogen and oxygen atoms in total. The van der Waals surface area contributed by atoms with Gasteiger partial charge in [-0.05, 0) is 40.5 Å². The highest BCUT2D eigenvalue weighted by molar-refractivity contribution is 6.63. The Hall–Kier alpha value is -1.34. The van der Waals surface area contributed by atoms with Crippen LogP contribution in [0.2, 0.25) is 0 Å². The van der Waals surface area contributed by atoms with Gasteiger partial charge < -0.3 is 19.4 Å². The molecular formula is C14H22BN3O3. The number of ether oxygens (including phenoxy) is 1. The van der Waals surface area contributed by atoms with Gasteiger partial charge in [0.05, 0.1) is 23.8 Å². The zero-order chi connectivity index (χ0) is 15.3. The average molecular weight is 291 g/mol. The Balaban J connectivity index is 1.85. The van der Waals surface area contributed by atoms with Crippen molar-refractivity contribution in [2.75, 3.05) is 12.4 Å². The second-order valence-electron chi connectivity index (χ2n) is 6.67. The third-order valence-corrected chi connectivity index (χ3v) is 4.39. The number of rotatable bonds is 4. The fraction of sp³-hybridized carbons (Fsp3) is 0.714. The van der Waals surface area contributed by atoms with E-state index in [1.165, 1.54) is 12.8 Å². The van der Waals surface area contributed by atoms with Crippen LogP contribution in [0.25, 0.3) is 0 Å². The molecule has 0 radical (unpaired) electrons. The molecule has 3 rings (SSSR count). The Bertz CT molecular complexity index is 530. The molecule has 21 heavy (non-hydrogen) atoms. The lowest BCUT2D eigenvalue weighted by atomic mass is 9.81. The van der Waals surface area contributed by atoms with Crippen molar-refractivity contribution in [3.63, 3.8) is 0 Å². The number of nitrogens with zero attached hydrogens (tertiary/aromatic N) is 2. The summed E-state index contributed by atoms with van der Waals surface area (Å²) in [6.45, 7) is 8.07. The van der Waals surface area contributed by atoms with E-state index in [9.17, 15) is 0 Å². The Labute approximate surface area is 125 Å². The van der Waals surface area contributed by atoms with Gasteiger partial charge >= 0.3 is 7.12 Å². The zero-order valence-electron chi connectivity index (χ0n) is 13.3. The van der Waals surface area contributed by atoms with E-state index in [1.807, 2.05) is 27.7 Å². The number of methoxy groups -OCH3 is 1. The van der Waals surface area contributed by atoms with E-state index in [0.29, 0.717) is 17.9 Å². The molecular weight excluding hydrogens is 269 g/mol. The van der Waals surface area contributed by atoms with Crippen LogP contribution in [0.3, 0.4) is 0 Å². The third-order valence-electron chi connectivity index (χ3n) is 4.39. The first-order valence-corrected chi connectivity index (χ1v) is 7.35. The fourth-order valence-corrected chi connectivity index (χ4v) is 2.15. The van der Waals surface area contributed by atoms with Crippen molar-refractivity contribution in [2.24, 2.45) is 0 Å². The molecule has 1 aromatic rings. The zero-order valence-corrected chi connectivity index (χ0v) is 13.3. The molecule has 1 saturated heterocycles. The number of hydrogen-bond acceptors (Lipinski definition) is 6. The summed E-state index contributed by atoms with van der Waals surface area (Å²) in [6.07, 6.45) is 4.06. The summed E-state index contributed by atoms with van der Waals surface area (Å²) in [4.78, 5) is 8.75. The van der Waals surface area contributed by atoms with Gasteiger partial charge in [-0.1, -0.05) is 0 Å². The Morgan fingerprint density at radius 3 is 2.38 bits per heavy atom. The van der Waals surface area contributed by atoms with Gasteiger partial charge in [0, 0.05) is 12.2 Å². The Morgan fingerprint density at radius 1 is 1.24 bits per heavy atom. The van der Waals surface area contributed by atoms with E-state index in [0.717, 1.165) is 5.46 Å². The lowest BCUT2D eigenvalue weighted by Gasteiger charge is -2.32. The Kier molecular flexibility index (Phi) is 3.37. The second-order valence-corrected chi connectivity index (χ2v) is 6.67. The first kappa shape index (κ1) is 14.6. The third kappa shape index (κ3) is 2.72. The van der Waals surface area contributed by atoms with Gasteiger partial charge in [0.25, 0.3) is 0 Å². The van der Waals surface area contributed by atoms with Crippen molar-refractivity contribution in [1.29, 1.82) is 0 Å². The maximum absolute atomic E-state index is 6.02. The van der Waals surface area contributed by atoms with E-state index in [1.54, 1.807) is 13.3 Å². The standard InChI is InChI=1S/C14H22BN3O3/c1-13(2)14(3,4)21-15(20-13)10-8-16-12(17-9-6-7-9)18-11(10)19-5/h8-9H,6-7H2,1-5H3,(H,16,17,18). The van der Waals surface area contributed by atoms with E-state index in [2.05, 4.69) is 15.3 Å². The minimum absolute atomic E-state index is 0.395. The van der Waals surface area contributed by atoms with Crippen LogP contribution in [0, 0.1) is 0 Å². The van der Waals surface area contributed by atoms with Crippen molar-refractivity contribution in [1.82, 2.24) is 9.97 Å². The molecule has 0 unspecified atom stereocenters. The molecule has 7 heteroatoms. The van der Waals surface area contributed by atoms with Crippen molar-refractivity contribution < 1.29 is 14.0 Å². The van der Waals surface area contributed by atoms with E-state index in [4.69, 9.17) is 14.0 Å². The number of anilines is 1. The average Bonchev–Trinajstić information content (AvgIpc) is 3.17. The summed E-state index contributed by atoms with van der Waals surface area (Å²) in [5.74, 6) is 1.08. The SMILES string of the molecule is COc1nc(NC2CC2)ncc1B1OC(C)(C)C(C)(C)O1. The first-order valence-electron chi connectivity index (χ1n) is 7.35. The quantitative estimate of drug-likeness (QED) is 0.845. The lowest BCUT2D eigenvalue weighted by Crippen LogP contribution is -2.41. The largest absolute Gasteiger partial charge is 0.502 e. The molecule has 0 atom stereocenters.